The molecule has 1 aromatic rings. The molecular weight excluding hydrogens is 258 g/mol. The van der Waals surface area contributed by atoms with E-state index >= 15 is 0 Å². The van der Waals surface area contributed by atoms with E-state index < -0.39 is 0 Å². The number of carbonyl (C=O) groups excluding carboxylic acids is 1. The van der Waals surface area contributed by atoms with Crippen molar-refractivity contribution >= 4 is 29.0 Å². The van der Waals surface area contributed by atoms with Crippen LogP contribution in [0.2, 0.25) is 0 Å². The van der Waals surface area contributed by atoms with E-state index in [0.29, 0.717) is 12.5 Å². The first-order chi connectivity index (χ1) is 9.15. The molecule has 4 nitrogen and oxygen atoms in total. The second-order valence-electron chi connectivity index (χ2n) is 4.92. The highest BCUT2D eigenvalue weighted by Crippen LogP contribution is 2.18. The van der Waals surface area contributed by atoms with E-state index in [1.54, 1.807) is 0 Å². The maximum absolute atomic E-state index is 12.0. The molecule has 2 rings (SSSR count). The number of thioether (sulfide) groups is 1. The van der Waals surface area contributed by atoms with Gasteiger partial charge in [0.25, 0.3) is 0 Å². The van der Waals surface area contributed by atoms with Crippen molar-refractivity contribution < 1.29 is 4.79 Å². The minimum atomic E-state index is 0.0795. The molecule has 5 heteroatoms. The molecule has 0 saturated carbocycles. The first-order valence-electron chi connectivity index (χ1n) is 6.53. The molecule has 1 aromatic carbocycles. The Morgan fingerprint density at radius 1 is 1.53 bits per heavy atom. The molecule has 2 N–H and O–H groups in total. The van der Waals surface area contributed by atoms with Crippen LogP contribution in [-0.4, -0.2) is 44.1 Å². The lowest BCUT2D eigenvalue weighted by Gasteiger charge is -2.22. The van der Waals surface area contributed by atoms with Crippen LogP contribution in [0.5, 0.6) is 0 Å². The standard InChI is InChI=1S/C14H21N3OS/c1-17(2)13-5-3-4-11(8-13)16-14(18)9-12-10-19-7-6-15-12/h3-5,8,12,15H,6-7,9-10H2,1-2H3,(H,16,18). The molecule has 0 aromatic heterocycles. The van der Waals surface area contributed by atoms with Crippen LogP contribution in [0.15, 0.2) is 24.3 Å². The van der Waals surface area contributed by atoms with Gasteiger partial charge in [0.05, 0.1) is 0 Å². The Morgan fingerprint density at radius 2 is 2.37 bits per heavy atom. The summed E-state index contributed by atoms with van der Waals surface area (Å²) >= 11 is 1.91. The number of amides is 1. The van der Waals surface area contributed by atoms with Crippen LogP contribution in [0.1, 0.15) is 6.42 Å². The van der Waals surface area contributed by atoms with E-state index in [1.165, 1.54) is 0 Å². The van der Waals surface area contributed by atoms with Gasteiger partial charge in [-0.05, 0) is 18.2 Å². The molecule has 1 saturated heterocycles. The number of anilines is 2. The Labute approximate surface area is 118 Å². The van der Waals surface area contributed by atoms with Crippen LogP contribution in [0.3, 0.4) is 0 Å². The Bertz CT molecular complexity index is 430. The number of nitrogens with zero attached hydrogens (tertiary/aromatic N) is 1. The fourth-order valence-electron chi connectivity index (χ4n) is 2.05. The van der Waals surface area contributed by atoms with Crippen molar-refractivity contribution in [3.63, 3.8) is 0 Å². The fourth-order valence-corrected chi connectivity index (χ4v) is 3.00. The molecular formula is C14H21N3OS. The molecule has 0 aliphatic carbocycles. The second-order valence-corrected chi connectivity index (χ2v) is 6.07. The average molecular weight is 279 g/mol. The van der Waals surface area contributed by atoms with Crippen LogP contribution in [0.25, 0.3) is 0 Å². The molecule has 0 radical (unpaired) electrons. The molecule has 1 fully saturated rings. The summed E-state index contributed by atoms with van der Waals surface area (Å²) in [6, 6.07) is 8.19. The van der Waals surface area contributed by atoms with E-state index in [-0.39, 0.29) is 5.91 Å². The van der Waals surface area contributed by atoms with Gasteiger partial charge in [-0.15, -0.1) is 0 Å². The van der Waals surface area contributed by atoms with E-state index in [1.807, 2.05) is 55.0 Å². The lowest BCUT2D eigenvalue weighted by molar-refractivity contribution is -0.116. The van der Waals surface area contributed by atoms with Gasteiger partial charge in [0.2, 0.25) is 5.91 Å². The Kier molecular flexibility index (Phi) is 5.10. The number of nitrogens with one attached hydrogen (secondary N) is 2. The quantitative estimate of drug-likeness (QED) is 0.882. The van der Waals surface area contributed by atoms with Crippen molar-refractivity contribution in [3.8, 4) is 0 Å². The highest BCUT2D eigenvalue weighted by atomic mass is 32.2. The minimum absolute atomic E-state index is 0.0795. The third-order valence-electron chi connectivity index (χ3n) is 3.08. The molecule has 104 valence electrons. The van der Waals surface area contributed by atoms with Crippen molar-refractivity contribution in [1.29, 1.82) is 0 Å². The molecule has 19 heavy (non-hydrogen) atoms. The maximum atomic E-state index is 12.0. The van der Waals surface area contributed by atoms with Gasteiger partial charge in [-0.1, -0.05) is 6.07 Å². The highest BCUT2D eigenvalue weighted by Gasteiger charge is 2.16. The lowest BCUT2D eigenvalue weighted by Crippen LogP contribution is -2.39. The fraction of sp³-hybridized carbons (Fsp3) is 0.500. The van der Waals surface area contributed by atoms with Gasteiger partial charge in [-0.3, -0.25) is 4.79 Å². The third kappa shape index (κ3) is 4.44. The highest BCUT2D eigenvalue weighted by molar-refractivity contribution is 7.99. The van der Waals surface area contributed by atoms with Gasteiger partial charge in [-0.25, -0.2) is 0 Å². The van der Waals surface area contributed by atoms with Crippen LogP contribution in [0, 0.1) is 0 Å². The molecule has 1 heterocycles. The van der Waals surface area contributed by atoms with Crippen LogP contribution >= 0.6 is 11.8 Å². The van der Waals surface area contributed by atoms with Crippen molar-refractivity contribution in [1.82, 2.24) is 5.32 Å². The van der Waals surface area contributed by atoms with Crippen molar-refractivity contribution in [3.05, 3.63) is 24.3 Å². The average Bonchev–Trinajstić information content (AvgIpc) is 2.40. The van der Waals surface area contributed by atoms with Crippen LogP contribution < -0.4 is 15.5 Å². The zero-order valence-corrected chi connectivity index (χ0v) is 12.3. The summed E-state index contributed by atoms with van der Waals surface area (Å²) in [6.45, 7) is 0.999. The predicted octanol–water partition coefficient (Wildman–Crippen LogP) is 1.79. The molecule has 1 amide bonds. The SMILES string of the molecule is CN(C)c1cccc(NC(=O)CC2CSCCN2)c1. The number of benzene rings is 1. The normalized spacial score (nSPS) is 18.9. The molecule has 1 aliphatic rings. The smallest absolute Gasteiger partial charge is 0.225 e. The summed E-state index contributed by atoms with van der Waals surface area (Å²) < 4.78 is 0. The number of carbonyl (C=O) groups is 1. The predicted molar refractivity (Wildman–Crippen MR) is 83.1 cm³/mol. The van der Waals surface area contributed by atoms with Gasteiger partial charge < -0.3 is 15.5 Å². The summed E-state index contributed by atoms with van der Waals surface area (Å²) in [7, 11) is 3.98. The van der Waals surface area contributed by atoms with Gasteiger partial charge in [0.1, 0.15) is 0 Å². The van der Waals surface area contributed by atoms with Gasteiger partial charge in [0, 0.05) is 56.0 Å². The Hall–Kier alpha value is -1.20. The Balaban J connectivity index is 1.89. The number of hydrogen-bond acceptors (Lipinski definition) is 4. The summed E-state index contributed by atoms with van der Waals surface area (Å²) in [5.74, 6) is 2.24. The molecule has 0 spiro atoms. The molecule has 0 bridgehead atoms. The van der Waals surface area contributed by atoms with Gasteiger partial charge in [-0.2, -0.15) is 11.8 Å². The minimum Gasteiger partial charge on any atom is -0.378 e. The van der Waals surface area contributed by atoms with Gasteiger partial charge in [0.15, 0.2) is 0 Å². The zero-order chi connectivity index (χ0) is 13.7. The van der Waals surface area contributed by atoms with Crippen LogP contribution in [0.4, 0.5) is 11.4 Å². The summed E-state index contributed by atoms with van der Waals surface area (Å²) in [4.78, 5) is 14.0. The first-order valence-corrected chi connectivity index (χ1v) is 7.69. The monoisotopic (exact) mass is 279 g/mol. The van der Waals surface area contributed by atoms with Crippen molar-refractivity contribution in [2.24, 2.45) is 0 Å². The lowest BCUT2D eigenvalue weighted by atomic mass is 10.2. The molecule has 1 unspecified atom stereocenters. The molecule has 1 aliphatic heterocycles. The number of rotatable bonds is 4. The maximum Gasteiger partial charge on any atom is 0.225 e. The summed E-state index contributed by atoms with van der Waals surface area (Å²) in [5.41, 5.74) is 1.95. The van der Waals surface area contributed by atoms with E-state index in [9.17, 15) is 4.79 Å². The molecule has 1 atom stereocenters. The Morgan fingerprint density at radius 3 is 3.05 bits per heavy atom. The third-order valence-corrected chi connectivity index (χ3v) is 4.21. The van der Waals surface area contributed by atoms with E-state index in [2.05, 4.69) is 10.6 Å². The van der Waals surface area contributed by atoms with E-state index in [4.69, 9.17) is 0 Å². The van der Waals surface area contributed by atoms with Gasteiger partial charge >= 0.3 is 0 Å². The second kappa shape index (κ2) is 6.82. The number of hydrogen-bond donors (Lipinski definition) is 2. The van der Waals surface area contributed by atoms with E-state index in [0.717, 1.165) is 29.4 Å². The summed E-state index contributed by atoms with van der Waals surface area (Å²) in [5, 5.41) is 6.35. The largest absolute Gasteiger partial charge is 0.378 e. The summed E-state index contributed by atoms with van der Waals surface area (Å²) in [6.07, 6.45) is 0.541. The van der Waals surface area contributed by atoms with Crippen LogP contribution in [-0.2, 0) is 4.79 Å². The van der Waals surface area contributed by atoms with Crippen molar-refractivity contribution in [2.45, 2.75) is 12.5 Å². The zero-order valence-electron chi connectivity index (χ0n) is 11.5. The van der Waals surface area contributed by atoms with Crippen molar-refractivity contribution in [2.75, 3.05) is 42.4 Å². The topological polar surface area (TPSA) is 44.4 Å². The first kappa shape index (κ1) is 14.2.